The maximum absolute atomic E-state index is 13.9. The van der Waals surface area contributed by atoms with E-state index < -0.39 is 28.7 Å². The third-order valence-electron chi connectivity index (χ3n) is 7.43. The summed E-state index contributed by atoms with van der Waals surface area (Å²) in [5.74, 6) is -1.13. The van der Waals surface area contributed by atoms with E-state index >= 15 is 0 Å². The molecule has 2 bridgehead atoms. The normalized spacial score (nSPS) is 34.9. The second-order valence-corrected chi connectivity index (χ2v) is 11.3. The maximum Gasteiger partial charge on any atom is 0.244 e. The first-order chi connectivity index (χ1) is 14.8. The number of hydrogen-bond acceptors (Lipinski definition) is 5. The van der Waals surface area contributed by atoms with E-state index in [1.54, 1.807) is 16.7 Å². The number of aliphatic hydroxyl groups is 1. The summed E-state index contributed by atoms with van der Waals surface area (Å²) in [6.07, 6.45) is 3.52. The monoisotopic (exact) mass is 453 g/mol. The lowest BCUT2D eigenvalue weighted by molar-refractivity contribution is -0.143. The molecule has 0 aromatic carbocycles. The Labute approximate surface area is 190 Å². The minimum absolute atomic E-state index is 0.00000705. The van der Waals surface area contributed by atoms with E-state index in [0.717, 1.165) is 25.7 Å². The summed E-state index contributed by atoms with van der Waals surface area (Å²) in [5.41, 5.74) is 0. The van der Waals surface area contributed by atoms with Gasteiger partial charge in [-0.3, -0.25) is 14.4 Å². The lowest BCUT2D eigenvalue weighted by Crippen LogP contribution is -2.59. The fourth-order valence-electron chi connectivity index (χ4n) is 5.89. The highest BCUT2D eigenvalue weighted by Crippen LogP contribution is 2.68. The van der Waals surface area contributed by atoms with Crippen molar-refractivity contribution < 1.29 is 19.5 Å². The molecule has 0 radical (unpaired) electrons. The second kappa shape index (κ2) is 9.69. The Hall–Kier alpha value is -1.28. The van der Waals surface area contributed by atoms with E-state index in [1.165, 1.54) is 0 Å². The molecular formula is C23H39N3O4S. The number of aliphatic hydroxyl groups excluding tert-OH is 1. The van der Waals surface area contributed by atoms with Crippen molar-refractivity contribution in [1.29, 1.82) is 0 Å². The zero-order chi connectivity index (χ0) is 22.9. The van der Waals surface area contributed by atoms with Gasteiger partial charge >= 0.3 is 0 Å². The van der Waals surface area contributed by atoms with Gasteiger partial charge in [-0.25, -0.2) is 0 Å². The lowest BCUT2D eigenvalue weighted by Gasteiger charge is -2.40. The third-order valence-corrected chi connectivity index (χ3v) is 9.50. The number of hydrogen-bond donors (Lipinski definition) is 3. The summed E-state index contributed by atoms with van der Waals surface area (Å²) in [6, 6.07) is -1.10. The Bertz CT molecular complexity index is 702. The van der Waals surface area contributed by atoms with Crippen LogP contribution in [0.25, 0.3) is 0 Å². The highest BCUT2D eigenvalue weighted by Gasteiger charge is 2.76. The molecule has 3 aliphatic heterocycles. The molecule has 1 spiro atoms. The molecule has 0 aliphatic carbocycles. The van der Waals surface area contributed by atoms with Crippen molar-refractivity contribution in [1.82, 2.24) is 15.5 Å². The van der Waals surface area contributed by atoms with Crippen molar-refractivity contribution in [3.8, 4) is 0 Å². The molecule has 3 saturated heterocycles. The van der Waals surface area contributed by atoms with Crippen LogP contribution in [0.4, 0.5) is 0 Å². The Balaban J connectivity index is 2.03. The zero-order valence-corrected chi connectivity index (χ0v) is 20.3. The number of nitrogens with zero attached hydrogens (tertiary/aromatic N) is 1. The van der Waals surface area contributed by atoms with Crippen LogP contribution in [0.2, 0.25) is 0 Å². The molecule has 176 valence electrons. The number of likely N-dealkylation sites (tertiary alicyclic amines) is 1. The van der Waals surface area contributed by atoms with Gasteiger partial charge in [0.15, 0.2) is 0 Å². The zero-order valence-electron chi connectivity index (χ0n) is 19.5. The van der Waals surface area contributed by atoms with Crippen LogP contribution in [0.5, 0.6) is 0 Å². The van der Waals surface area contributed by atoms with Crippen molar-refractivity contribution in [3.63, 3.8) is 0 Å². The van der Waals surface area contributed by atoms with Gasteiger partial charge in [0.2, 0.25) is 17.7 Å². The van der Waals surface area contributed by atoms with Crippen molar-refractivity contribution in [2.45, 2.75) is 82.4 Å². The fourth-order valence-corrected chi connectivity index (χ4v) is 8.30. The van der Waals surface area contributed by atoms with Gasteiger partial charge in [0.05, 0.1) is 29.2 Å². The molecular weight excluding hydrogens is 414 g/mol. The number of fused-ring (bicyclic) bond motifs is 1. The Morgan fingerprint density at radius 2 is 1.87 bits per heavy atom. The molecule has 3 unspecified atom stereocenters. The highest BCUT2D eigenvalue weighted by molar-refractivity contribution is 8.02. The summed E-state index contributed by atoms with van der Waals surface area (Å²) in [5, 5.41) is 16.3. The number of unbranched alkanes of at least 4 members (excludes halogenated alkanes) is 1. The highest BCUT2D eigenvalue weighted by atomic mass is 32.2. The minimum atomic E-state index is -0.657. The predicted octanol–water partition coefficient (Wildman–Crippen LogP) is 1.78. The number of nitrogens with one attached hydrogen (secondary N) is 2. The predicted molar refractivity (Wildman–Crippen MR) is 122 cm³/mol. The van der Waals surface area contributed by atoms with Crippen LogP contribution < -0.4 is 10.6 Å². The van der Waals surface area contributed by atoms with E-state index in [4.69, 9.17) is 0 Å². The third kappa shape index (κ3) is 3.88. The Morgan fingerprint density at radius 1 is 1.19 bits per heavy atom. The van der Waals surface area contributed by atoms with Crippen LogP contribution in [0.3, 0.4) is 0 Å². The molecule has 0 aromatic rings. The summed E-state index contributed by atoms with van der Waals surface area (Å²) >= 11 is 1.68. The molecule has 3 rings (SSSR count). The van der Waals surface area contributed by atoms with E-state index in [1.807, 2.05) is 20.8 Å². The van der Waals surface area contributed by atoms with Crippen molar-refractivity contribution in [2.24, 2.45) is 23.7 Å². The van der Waals surface area contributed by atoms with Gasteiger partial charge in [-0.15, -0.1) is 11.8 Å². The molecule has 3 fully saturated rings. The standard InChI is InChI=1S/C23H39N3O4S/c1-6-8-10-25-21(29)19-23-14(5)11-16(31-23)17(20(28)24-9-7-2)18(23)22(30)26(19)15(12-27)13(3)4/h13-19,27H,6-12H2,1-5H3,(H,24,28)(H,25,29)/t14?,15-,16+,17-,18-,19?,23?/m0/s1. The van der Waals surface area contributed by atoms with Gasteiger partial charge < -0.3 is 20.6 Å². The maximum atomic E-state index is 13.9. The fraction of sp³-hybridized carbons (Fsp3) is 0.870. The number of carbonyl (C=O) groups is 3. The largest absolute Gasteiger partial charge is 0.394 e. The molecule has 0 saturated carbocycles. The van der Waals surface area contributed by atoms with Gasteiger partial charge in [-0.2, -0.15) is 0 Å². The van der Waals surface area contributed by atoms with E-state index in [2.05, 4.69) is 24.5 Å². The molecule has 31 heavy (non-hydrogen) atoms. The Morgan fingerprint density at radius 3 is 2.45 bits per heavy atom. The smallest absolute Gasteiger partial charge is 0.244 e. The Kier molecular flexibility index (Phi) is 7.62. The topological polar surface area (TPSA) is 98.7 Å². The molecule has 7 atom stereocenters. The SMILES string of the molecule is CCCCNC(=O)C1N([C@@H](CO)C(C)C)C(=O)[C@@H]2[C@@H](C(=O)NCCC)[C@H]3CC(C)C12S3. The van der Waals surface area contributed by atoms with Crippen LogP contribution in [-0.4, -0.2) is 69.5 Å². The summed E-state index contributed by atoms with van der Waals surface area (Å²) in [4.78, 5) is 42.2. The van der Waals surface area contributed by atoms with Gasteiger partial charge in [0.25, 0.3) is 0 Å². The van der Waals surface area contributed by atoms with Gasteiger partial charge in [-0.05, 0) is 31.1 Å². The van der Waals surface area contributed by atoms with E-state index in [-0.39, 0.29) is 41.4 Å². The number of amides is 3. The quantitative estimate of drug-likeness (QED) is 0.438. The number of carbonyl (C=O) groups excluding carboxylic acids is 3. The molecule has 3 N–H and O–H groups in total. The first-order valence-electron chi connectivity index (χ1n) is 11.9. The summed E-state index contributed by atoms with van der Waals surface area (Å²) in [7, 11) is 0. The first-order valence-corrected chi connectivity index (χ1v) is 12.8. The second-order valence-electron chi connectivity index (χ2n) is 9.73. The molecule has 0 aromatic heterocycles. The molecule has 8 heteroatoms. The average molecular weight is 454 g/mol. The first kappa shape index (κ1) is 24.4. The van der Waals surface area contributed by atoms with Crippen LogP contribution in [0, 0.1) is 23.7 Å². The van der Waals surface area contributed by atoms with Crippen LogP contribution in [0.1, 0.15) is 60.3 Å². The molecule has 3 heterocycles. The van der Waals surface area contributed by atoms with Crippen LogP contribution in [0.15, 0.2) is 0 Å². The van der Waals surface area contributed by atoms with Crippen LogP contribution >= 0.6 is 11.8 Å². The van der Waals surface area contributed by atoms with Gasteiger partial charge in [0.1, 0.15) is 6.04 Å². The van der Waals surface area contributed by atoms with Gasteiger partial charge in [-0.1, -0.05) is 41.0 Å². The van der Waals surface area contributed by atoms with Gasteiger partial charge in [0, 0.05) is 18.3 Å². The number of thioether (sulfide) groups is 1. The van der Waals surface area contributed by atoms with Crippen molar-refractivity contribution in [3.05, 3.63) is 0 Å². The van der Waals surface area contributed by atoms with E-state index in [0.29, 0.717) is 13.1 Å². The molecule has 7 nitrogen and oxygen atoms in total. The summed E-state index contributed by atoms with van der Waals surface area (Å²) in [6.45, 7) is 11.1. The van der Waals surface area contributed by atoms with Crippen molar-refractivity contribution >= 4 is 29.5 Å². The number of rotatable bonds is 10. The van der Waals surface area contributed by atoms with Crippen LogP contribution in [-0.2, 0) is 14.4 Å². The average Bonchev–Trinajstić information content (AvgIpc) is 3.31. The molecule has 3 amide bonds. The minimum Gasteiger partial charge on any atom is -0.394 e. The molecule has 3 aliphatic rings. The lowest BCUT2D eigenvalue weighted by atomic mass is 9.66. The summed E-state index contributed by atoms with van der Waals surface area (Å²) < 4.78 is -0.616. The van der Waals surface area contributed by atoms with E-state index in [9.17, 15) is 19.5 Å². The van der Waals surface area contributed by atoms with Crippen molar-refractivity contribution in [2.75, 3.05) is 19.7 Å².